The zero-order chi connectivity index (χ0) is 21.7. The maximum absolute atomic E-state index is 12.9. The number of halogens is 1. The summed E-state index contributed by atoms with van der Waals surface area (Å²) in [6.45, 7) is 3.58. The molecule has 30 heavy (non-hydrogen) atoms. The first-order valence-corrected chi connectivity index (χ1v) is 12.1. The van der Waals surface area contributed by atoms with Gasteiger partial charge in [0.25, 0.3) is 10.0 Å². The predicted molar refractivity (Wildman–Crippen MR) is 127 cm³/mol. The SMILES string of the molecule is CS/C(=C(\C)c1cnc(Nc2ccc(Cl)cc2)nc1C)S(=O)(=O)Nc1ccccc1. The molecule has 0 amide bonds. The van der Waals surface area contributed by atoms with Crippen molar-refractivity contribution in [3.8, 4) is 0 Å². The van der Waals surface area contributed by atoms with Crippen LogP contribution < -0.4 is 10.0 Å². The summed E-state index contributed by atoms with van der Waals surface area (Å²) in [5, 5.41) is 3.75. The number of rotatable bonds is 7. The van der Waals surface area contributed by atoms with Crippen molar-refractivity contribution in [3.05, 3.63) is 81.3 Å². The Labute approximate surface area is 185 Å². The van der Waals surface area contributed by atoms with Crippen LogP contribution in [0.25, 0.3) is 5.57 Å². The Morgan fingerprint density at radius 2 is 1.70 bits per heavy atom. The standard InChI is InChI=1S/C21H21ClN4O2S2/c1-14(20(29-3)30(27,28)26-18-7-5-4-6-8-18)19-13-23-21(24-15(19)2)25-17-11-9-16(22)10-12-17/h4-13,26H,1-3H3,(H,23,24,25)/b20-14-. The Balaban J connectivity index is 1.90. The largest absolute Gasteiger partial charge is 0.324 e. The number of hydrogen-bond acceptors (Lipinski definition) is 6. The van der Waals surface area contributed by atoms with E-state index in [2.05, 4.69) is 20.0 Å². The quantitative estimate of drug-likeness (QED) is 0.472. The number of aromatic nitrogens is 2. The van der Waals surface area contributed by atoms with Gasteiger partial charge in [0.1, 0.15) is 4.24 Å². The van der Waals surface area contributed by atoms with Crippen molar-refractivity contribution in [2.75, 3.05) is 16.3 Å². The van der Waals surface area contributed by atoms with Crippen LogP contribution in [0.3, 0.4) is 0 Å². The van der Waals surface area contributed by atoms with E-state index >= 15 is 0 Å². The van der Waals surface area contributed by atoms with Gasteiger partial charge in [-0.05, 0) is 62.1 Å². The summed E-state index contributed by atoms with van der Waals surface area (Å²) in [4.78, 5) is 8.83. The molecule has 2 aromatic carbocycles. The van der Waals surface area contributed by atoms with Crippen LogP contribution in [0.2, 0.25) is 5.02 Å². The second-order valence-electron chi connectivity index (χ2n) is 6.41. The average Bonchev–Trinajstić information content (AvgIpc) is 2.70. The van der Waals surface area contributed by atoms with Gasteiger partial charge < -0.3 is 5.32 Å². The first kappa shape index (κ1) is 22.1. The molecule has 9 heteroatoms. The molecule has 156 valence electrons. The number of benzene rings is 2. The smallest absolute Gasteiger partial charge is 0.268 e. The minimum absolute atomic E-state index is 0.219. The van der Waals surface area contributed by atoms with E-state index in [0.717, 1.165) is 17.4 Å². The van der Waals surface area contributed by atoms with Crippen LogP contribution in [0.15, 0.2) is 65.0 Å². The number of aryl methyl sites for hydroxylation is 1. The summed E-state index contributed by atoms with van der Waals surface area (Å²) in [7, 11) is -3.74. The van der Waals surface area contributed by atoms with E-state index < -0.39 is 10.0 Å². The molecule has 0 bridgehead atoms. The van der Waals surface area contributed by atoms with Gasteiger partial charge in [0, 0.05) is 28.2 Å². The predicted octanol–water partition coefficient (Wildman–Crippen LogP) is 5.68. The number of sulfonamides is 1. The number of para-hydroxylation sites is 1. The van der Waals surface area contributed by atoms with Crippen LogP contribution in [-0.4, -0.2) is 24.6 Å². The molecule has 0 aliphatic rings. The zero-order valence-corrected chi connectivity index (χ0v) is 19.1. The maximum Gasteiger partial charge on any atom is 0.268 e. The summed E-state index contributed by atoms with van der Waals surface area (Å²) < 4.78 is 28.7. The Hall–Kier alpha value is -2.55. The molecule has 2 N–H and O–H groups in total. The molecule has 0 atom stereocenters. The van der Waals surface area contributed by atoms with Gasteiger partial charge in [0.15, 0.2) is 0 Å². The Morgan fingerprint density at radius 1 is 1.03 bits per heavy atom. The van der Waals surface area contributed by atoms with Gasteiger partial charge in [-0.2, -0.15) is 0 Å². The van der Waals surface area contributed by atoms with Gasteiger partial charge in [-0.1, -0.05) is 29.8 Å². The number of thioether (sulfide) groups is 1. The molecule has 0 unspecified atom stereocenters. The van der Waals surface area contributed by atoms with E-state index in [1.54, 1.807) is 55.8 Å². The van der Waals surface area contributed by atoms with Crippen molar-refractivity contribution in [3.63, 3.8) is 0 Å². The molecule has 0 fully saturated rings. The van der Waals surface area contributed by atoms with Crippen LogP contribution in [0, 0.1) is 6.92 Å². The first-order chi connectivity index (χ1) is 14.3. The van der Waals surface area contributed by atoms with E-state index in [1.165, 1.54) is 0 Å². The number of nitrogens with zero attached hydrogens (tertiary/aromatic N) is 2. The highest BCUT2D eigenvalue weighted by Crippen LogP contribution is 2.32. The number of anilines is 3. The molecular formula is C21H21ClN4O2S2. The lowest BCUT2D eigenvalue weighted by Gasteiger charge is -2.15. The van der Waals surface area contributed by atoms with Crippen LogP contribution in [-0.2, 0) is 10.0 Å². The number of allylic oxidation sites excluding steroid dienone is 1. The van der Waals surface area contributed by atoms with Crippen molar-refractivity contribution in [2.45, 2.75) is 13.8 Å². The van der Waals surface area contributed by atoms with Crippen LogP contribution >= 0.6 is 23.4 Å². The third kappa shape index (κ3) is 5.33. The Kier molecular flexibility index (Phi) is 7.02. The van der Waals surface area contributed by atoms with Crippen LogP contribution in [0.4, 0.5) is 17.3 Å². The van der Waals surface area contributed by atoms with Crippen molar-refractivity contribution in [2.24, 2.45) is 0 Å². The fourth-order valence-electron chi connectivity index (χ4n) is 2.84. The lowest BCUT2D eigenvalue weighted by molar-refractivity contribution is 0.609. The van der Waals surface area contributed by atoms with Crippen LogP contribution in [0.1, 0.15) is 18.2 Å². The monoisotopic (exact) mass is 460 g/mol. The molecule has 0 aliphatic carbocycles. The Morgan fingerprint density at radius 3 is 2.30 bits per heavy atom. The van der Waals surface area contributed by atoms with Gasteiger partial charge >= 0.3 is 0 Å². The molecule has 0 aliphatic heterocycles. The highest BCUT2D eigenvalue weighted by atomic mass is 35.5. The molecule has 0 radical (unpaired) electrons. The Bertz CT molecular complexity index is 1170. The van der Waals surface area contributed by atoms with Gasteiger partial charge in [-0.15, -0.1) is 11.8 Å². The molecule has 0 saturated heterocycles. The normalized spacial score (nSPS) is 12.3. The highest BCUT2D eigenvalue weighted by molar-refractivity contribution is 8.19. The van der Waals surface area contributed by atoms with Crippen molar-refractivity contribution in [1.82, 2.24) is 9.97 Å². The molecule has 1 heterocycles. The van der Waals surface area contributed by atoms with Gasteiger partial charge in [-0.3, -0.25) is 4.72 Å². The fraction of sp³-hybridized carbons (Fsp3) is 0.143. The van der Waals surface area contributed by atoms with Gasteiger partial charge in [0.2, 0.25) is 5.95 Å². The molecule has 0 saturated carbocycles. The van der Waals surface area contributed by atoms with Crippen molar-refractivity contribution in [1.29, 1.82) is 0 Å². The minimum atomic E-state index is -3.74. The van der Waals surface area contributed by atoms with E-state index in [-0.39, 0.29) is 4.24 Å². The lowest BCUT2D eigenvalue weighted by Crippen LogP contribution is -2.15. The number of hydrogen-bond donors (Lipinski definition) is 2. The summed E-state index contributed by atoms with van der Waals surface area (Å²) >= 11 is 7.07. The second kappa shape index (κ2) is 9.51. The fourth-order valence-corrected chi connectivity index (χ4v) is 5.44. The average molecular weight is 461 g/mol. The third-order valence-corrected chi connectivity index (χ3v) is 7.63. The number of nitrogens with one attached hydrogen (secondary N) is 2. The summed E-state index contributed by atoms with van der Waals surface area (Å²) in [6, 6.07) is 16.0. The van der Waals surface area contributed by atoms with E-state index in [1.807, 2.05) is 25.1 Å². The molecule has 6 nitrogen and oxygen atoms in total. The summed E-state index contributed by atoms with van der Waals surface area (Å²) in [5.74, 6) is 0.419. The molecular weight excluding hydrogens is 440 g/mol. The highest BCUT2D eigenvalue weighted by Gasteiger charge is 2.22. The molecule has 0 spiro atoms. The van der Waals surface area contributed by atoms with Crippen LogP contribution in [0.5, 0.6) is 0 Å². The maximum atomic E-state index is 12.9. The van der Waals surface area contributed by atoms with Gasteiger partial charge in [0.05, 0.1) is 5.69 Å². The van der Waals surface area contributed by atoms with E-state index in [9.17, 15) is 8.42 Å². The van der Waals surface area contributed by atoms with Crippen molar-refractivity contribution < 1.29 is 8.42 Å². The minimum Gasteiger partial charge on any atom is -0.324 e. The summed E-state index contributed by atoms with van der Waals surface area (Å²) in [6.07, 6.45) is 3.36. The topological polar surface area (TPSA) is 84.0 Å². The zero-order valence-electron chi connectivity index (χ0n) is 16.7. The first-order valence-electron chi connectivity index (χ1n) is 8.99. The van der Waals surface area contributed by atoms with E-state index in [4.69, 9.17) is 11.6 Å². The molecule has 3 rings (SSSR count). The molecule has 1 aromatic heterocycles. The van der Waals surface area contributed by atoms with Gasteiger partial charge in [-0.25, -0.2) is 18.4 Å². The third-order valence-electron chi connectivity index (χ3n) is 4.25. The molecule has 3 aromatic rings. The summed E-state index contributed by atoms with van der Waals surface area (Å²) in [5.41, 5.74) is 3.23. The second-order valence-corrected chi connectivity index (χ2v) is 9.54. The van der Waals surface area contributed by atoms with E-state index in [0.29, 0.717) is 33.5 Å². The van der Waals surface area contributed by atoms with Crippen molar-refractivity contribution >= 4 is 56.3 Å². The lowest BCUT2D eigenvalue weighted by atomic mass is 10.1.